The van der Waals surface area contributed by atoms with Gasteiger partial charge in [-0.3, -0.25) is 9.59 Å². The summed E-state index contributed by atoms with van der Waals surface area (Å²) in [6.45, 7) is 8.42. The van der Waals surface area contributed by atoms with Crippen molar-refractivity contribution in [2.24, 2.45) is 11.5 Å². The first-order chi connectivity index (χ1) is 23.8. The first-order valence-corrected chi connectivity index (χ1v) is 16.5. The Kier molecular flexibility index (Phi) is 13.3. The number of nitrogens with zero attached hydrogens (tertiary/aromatic N) is 2. The zero-order valence-corrected chi connectivity index (χ0v) is 30.4. The minimum Gasteiger partial charge on any atom is -0.481 e. The molecule has 14 heteroatoms. The molecule has 2 atom stereocenters. The lowest BCUT2D eigenvalue weighted by Crippen LogP contribution is -2.38. The predicted octanol–water partition coefficient (Wildman–Crippen LogP) is 5.17. The number of carbonyl (C=O) groups is 2. The van der Waals surface area contributed by atoms with Gasteiger partial charge in [0.2, 0.25) is 35.3 Å². The molecule has 2 heterocycles. The third-order valence-electron chi connectivity index (χ3n) is 8.31. The fourth-order valence-electron chi connectivity index (χ4n) is 5.08. The molecular formula is C36H42Cl2N6O6. The molecule has 6 N–H and O–H groups in total. The van der Waals surface area contributed by atoms with Crippen LogP contribution < -0.4 is 41.0 Å². The largest absolute Gasteiger partial charge is 0.481 e. The van der Waals surface area contributed by atoms with Gasteiger partial charge in [-0.05, 0) is 73.2 Å². The van der Waals surface area contributed by atoms with Gasteiger partial charge >= 0.3 is 0 Å². The Morgan fingerprint density at radius 2 is 1.06 bits per heavy atom. The van der Waals surface area contributed by atoms with E-state index in [1.165, 1.54) is 14.2 Å². The lowest BCUT2D eigenvalue weighted by atomic mass is 9.92. The minimum atomic E-state index is -0.534. The molecule has 4 aromatic rings. The molecule has 0 spiro atoms. The van der Waals surface area contributed by atoms with Crippen molar-refractivity contribution < 1.29 is 28.5 Å². The number of ether oxygens (including phenoxy) is 4. The molecule has 0 aliphatic carbocycles. The van der Waals surface area contributed by atoms with Crippen molar-refractivity contribution in [2.45, 2.75) is 66.1 Å². The van der Waals surface area contributed by atoms with Crippen LogP contribution in [0.25, 0.3) is 11.1 Å². The molecule has 12 nitrogen and oxygen atoms in total. The summed E-state index contributed by atoms with van der Waals surface area (Å²) in [5, 5.41) is 6.66. The number of pyridine rings is 2. The maximum Gasteiger partial charge on any atom is 0.236 e. The fourth-order valence-corrected chi connectivity index (χ4v) is 5.54. The summed E-state index contributed by atoms with van der Waals surface area (Å²) in [5.41, 5.74) is 18.0. The van der Waals surface area contributed by atoms with Crippen LogP contribution in [0.15, 0.2) is 48.5 Å². The number of rotatable bonds is 17. The topological polar surface area (TPSA) is 173 Å². The maximum atomic E-state index is 11.4. The van der Waals surface area contributed by atoms with E-state index in [1.807, 2.05) is 38.1 Å². The first-order valence-electron chi connectivity index (χ1n) is 15.8. The van der Waals surface area contributed by atoms with Gasteiger partial charge in [-0.15, -0.1) is 0 Å². The number of hydrogen-bond acceptors (Lipinski definition) is 10. The van der Waals surface area contributed by atoms with Crippen LogP contribution in [0.4, 0.5) is 0 Å². The van der Waals surface area contributed by atoms with Crippen LogP contribution in [0.2, 0.25) is 10.0 Å². The van der Waals surface area contributed by atoms with Crippen molar-refractivity contribution in [3.05, 3.63) is 92.0 Å². The first kappa shape index (κ1) is 38.2. The molecule has 2 aromatic heterocycles. The van der Waals surface area contributed by atoms with Crippen LogP contribution in [0.5, 0.6) is 23.5 Å². The van der Waals surface area contributed by atoms with Crippen LogP contribution >= 0.6 is 23.2 Å². The molecule has 0 aliphatic rings. The summed E-state index contributed by atoms with van der Waals surface area (Å²) in [7, 11) is 3.01. The molecule has 2 aromatic carbocycles. The number of primary amides is 2. The average Bonchev–Trinajstić information content (AvgIpc) is 3.09. The highest BCUT2D eigenvalue weighted by Crippen LogP contribution is 2.34. The van der Waals surface area contributed by atoms with E-state index in [-0.39, 0.29) is 38.1 Å². The van der Waals surface area contributed by atoms with E-state index >= 15 is 0 Å². The van der Waals surface area contributed by atoms with E-state index < -0.39 is 23.9 Å². The second-order valence-electron chi connectivity index (χ2n) is 11.7. The molecule has 0 radical (unpaired) electrons. The number of carbonyl (C=O) groups excluding carboxylic acids is 2. The van der Waals surface area contributed by atoms with E-state index in [1.54, 1.807) is 26.0 Å². The molecule has 2 unspecified atom stereocenters. The number of hydrogen-bond donors (Lipinski definition) is 4. The standard InChI is InChI=1S/C36H42Cl2N6O6/c1-19-23(17-49-35-29(37)13-25(33(43-35)47-5)15-41-21(3)31(39)45)9-7-11-27(19)28-12-8-10-24(20(28)2)18-50-36-30(38)14-26(34(44-36)48-6)16-42-22(4)32(40)46/h7-14,21-22,41-42H,15-18H2,1-6H3,(H2,39,45)(H2,40,46). The Hall–Kier alpha value is -4.62. The Labute approximate surface area is 301 Å². The Morgan fingerprint density at radius 1 is 0.680 bits per heavy atom. The number of amides is 2. The normalized spacial score (nSPS) is 12.2. The minimum absolute atomic E-state index is 0.215. The summed E-state index contributed by atoms with van der Waals surface area (Å²) in [6, 6.07) is 14.4. The van der Waals surface area contributed by atoms with E-state index in [0.29, 0.717) is 32.9 Å². The molecule has 2 amide bonds. The van der Waals surface area contributed by atoms with Crippen LogP contribution in [-0.4, -0.2) is 48.1 Å². The SMILES string of the molecule is COc1nc(OCc2cccc(-c3cccc(COc4nc(OC)c(CNC(C)C(N)=O)cc4Cl)c3C)c2C)c(Cl)cc1CNC(C)C(N)=O. The van der Waals surface area contributed by atoms with Crippen molar-refractivity contribution in [1.82, 2.24) is 20.6 Å². The van der Waals surface area contributed by atoms with Gasteiger partial charge < -0.3 is 41.0 Å². The van der Waals surface area contributed by atoms with E-state index in [2.05, 4.69) is 32.7 Å². The number of methoxy groups -OCH3 is 2. The van der Waals surface area contributed by atoms with Crippen LogP contribution in [0.1, 0.15) is 47.2 Å². The third-order valence-corrected chi connectivity index (χ3v) is 8.86. The molecular weight excluding hydrogens is 683 g/mol. The highest BCUT2D eigenvalue weighted by molar-refractivity contribution is 6.32. The fraction of sp³-hybridized carbons (Fsp3) is 0.333. The van der Waals surface area contributed by atoms with Crippen molar-refractivity contribution in [3.8, 4) is 34.6 Å². The van der Waals surface area contributed by atoms with Crippen molar-refractivity contribution in [2.75, 3.05) is 14.2 Å². The number of nitrogens with one attached hydrogen (secondary N) is 2. The second kappa shape index (κ2) is 17.3. The predicted molar refractivity (Wildman–Crippen MR) is 193 cm³/mol. The van der Waals surface area contributed by atoms with Gasteiger partial charge in [-0.25, -0.2) is 0 Å². The van der Waals surface area contributed by atoms with Crippen LogP contribution in [0, 0.1) is 13.8 Å². The molecule has 0 saturated heterocycles. The number of aromatic nitrogens is 2. The number of nitrogens with two attached hydrogens (primary N) is 2. The van der Waals surface area contributed by atoms with Crippen molar-refractivity contribution in [3.63, 3.8) is 0 Å². The molecule has 0 bridgehead atoms. The molecule has 0 fully saturated rings. The van der Waals surface area contributed by atoms with E-state index in [9.17, 15) is 9.59 Å². The summed E-state index contributed by atoms with van der Waals surface area (Å²) >= 11 is 13.1. The van der Waals surface area contributed by atoms with Crippen LogP contribution in [0.3, 0.4) is 0 Å². The van der Waals surface area contributed by atoms with Crippen molar-refractivity contribution >= 4 is 35.0 Å². The zero-order chi connectivity index (χ0) is 36.5. The van der Waals surface area contributed by atoms with Gasteiger partial charge in [0.1, 0.15) is 23.3 Å². The second-order valence-corrected chi connectivity index (χ2v) is 12.5. The quantitative estimate of drug-likeness (QED) is 0.114. The molecule has 0 aliphatic heterocycles. The number of benzene rings is 2. The van der Waals surface area contributed by atoms with Gasteiger partial charge in [-0.2, -0.15) is 9.97 Å². The average molecular weight is 726 g/mol. The molecule has 50 heavy (non-hydrogen) atoms. The Bertz CT molecular complexity index is 1720. The molecule has 266 valence electrons. The van der Waals surface area contributed by atoms with Gasteiger partial charge in [-0.1, -0.05) is 59.6 Å². The van der Waals surface area contributed by atoms with E-state index in [4.69, 9.17) is 53.6 Å². The maximum absolute atomic E-state index is 11.4. The molecule has 0 saturated carbocycles. The lowest BCUT2D eigenvalue weighted by Gasteiger charge is -2.18. The Balaban J connectivity index is 1.49. The summed E-state index contributed by atoms with van der Waals surface area (Å²) in [5.74, 6) is 0.166. The smallest absolute Gasteiger partial charge is 0.236 e. The van der Waals surface area contributed by atoms with E-state index in [0.717, 1.165) is 33.4 Å². The summed E-state index contributed by atoms with van der Waals surface area (Å²) in [4.78, 5) is 31.7. The Morgan fingerprint density at radius 3 is 1.40 bits per heavy atom. The van der Waals surface area contributed by atoms with Gasteiger partial charge in [0, 0.05) is 24.2 Å². The van der Waals surface area contributed by atoms with Gasteiger partial charge in [0.05, 0.1) is 26.3 Å². The summed E-state index contributed by atoms with van der Waals surface area (Å²) < 4.78 is 23.1. The van der Waals surface area contributed by atoms with Crippen LogP contribution in [-0.2, 0) is 35.9 Å². The molecule has 4 rings (SSSR count). The third kappa shape index (κ3) is 9.33. The van der Waals surface area contributed by atoms with Crippen molar-refractivity contribution in [1.29, 1.82) is 0 Å². The van der Waals surface area contributed by atoms with Gasteiger partial charge in [0.25, 0.3) is 0 Å². The van der Waals surface area contributed by atoms with Gasteiger partial charge in [0.15, 0.2) is 0 Å². The lowest BCUT2D eigenvalue weighted by molar-refractivity contribution is -0.120. The zero-order valence-electron chi connectivity index (χ0n) is 28.9. The number of halogens is 2. The highest BCUT2D eigenvalue weighted by atomic mass is 35.5. The highest BCUT2D eigenvalue weighted by Gasteiger charge is 2.18. The summed E-state index contributed by atoms with van der Waals surface area (Å²) in [6.07, 6.45) is 0. The monoisotopic (exact) mass is 724 g/mol.